The monoisotopic (exact) mass is 737 g/mol. The highest BCUT2D eigenvalue weighted by Gasteiger charge is 2.35. The number of carbonyl (C=O) groups is 2. The first-order valence-corrected chi connectivity index (χ1v) is 15.1. The van der Waals surface area contributed by atoms with Gasteiger partial charge in [-0.25, -0.2) is 42.3 Å². The molecule has 1 amide bonds. The van der Waals surface area contributed by atoms with Crippen LogP contribution in [0.15, 0.2) is 61.4 Å². The lowest BCUT2D eigenvalue weighted by Crippen LogP contribution is -2.39. The van der Waals surface area contributed by atoms with Crippen LogP contribution in [0.25, 0.3) is 0 Å². The number of amides is 1. The van der Waals surface area contributed by atoms with E-state index in [2.05, 4.69) is 35.2 Å². The lowest BCUT2D eigenvalue weighted by molar-refractivity contribution is -0.0226. The van der Waals surface area contributed by atoms with Gasteiger partial charge in [0.1, 0.15) is 5.69 Å². The molecule has 2 fully saturated rings. The molecule has 0 radical (unpaired) electrons. The zero-order valence-electron chi connectivity index (χ0n) is 28.1. The lowest BCUT2D eigenvalue weighted by atomic mass is 10.1. The summed E-state index contributed by atoms with van der Waals surface area (Å²) in [6.07, 6.45) is 8.24. The average Bonchev–Trinajstić information content (AvgIpc) is 3.10. The van der Waals surface area contributed by atoms with E-state index in [9.17, 15) is 31.5 Å². The second kappa shape index (κ2) is 19.4. The number of nitrogens with zero attached hydrogens (tertiary/aromatic N) is 8. The smallest absolute Gasteiger partial charge is 0.354 e. The van der Waals surface area contributed by atoms with Crippen LogP contribution in [0.1, 0.15) is 55.5 Å². The summed E-state index contributed by atoms with van der Waals surface area (Å²) < 4.78 is 68.0. The van der Waals surface area contributed by atoms with Crippen LogP contribution in [-0.2, 0) is 0 Å². The summed E-state index contributed by atoms with van der Waals surface area (Å²) in [6, 6.07) is 6.16. The summed E-state index contributed by atoms with van der Waals surface area (Å²) in [5, 5.41) is 11.1. The van der Waals surface area contributed by atoms with Crippen molar-refractivity contribution in [2.24, 2.45) is 0 Å². The van der Waals surface area contributed by atoms with E-state index in [1.807, 2.05) is 9.80 Å². The van der Waals surface area contributed by atoms with Crippen LogP contribution in [0.4, 0.5) is 56.6 Å². The van der Waals surface area contributed by atoms with Crippen LogP contribution in [0.5, 0.6) is 0 Å². The van der Waals surface area contributed by atoms with Crippen LogP contribution in [0, 0.1) is 0 Å². The fraction of sp³-hybridized carbons (Fsp3) is 0.375. The van der Waals surface area contributed by atoms with Crippen molar-refractivity contribution in [3.63, 3.8) is 0 Å². The molecule has 282 valence electrons. The average molecular weight is 738 g/mol. The van der Waals surface area contributed by atoms with Crippen molar-refractivity contribution < 1.29 is 38.0 Å². The highest BCUT2D eigenvalue weighted by atomic mass is 19.3. The fourth-order valence-electron chi connectivity index (χ4n) is 4.78. The Labute approximate surface area is 297 Å². The van der Waals surface area contributed by atoms with Gasteiger partial charge in [-0.05, 0) is 24.3 Å². The van der Waals surface area contributed by atoms with Gasteiger partial charge in [-0.3, -0.25) is 19.2 Å². The second-order valence-electron chi connectivity index (χ2n) is 10.9. The molecule has 8 N–H and O–H groups in total. The molecule has 0 unspecified atom stereocenters. The van der Waals surface area contributed by atoms with E-state index < -0.39 is 30.9 Å². The molecule has 0 bridgehead atoms. The standard InChI is InChI=1S/C15H16F2N6O.C10H13F2N3.C5H5N3O2.CH3F.CH4/c16-15(17)3-7-23(8-4-15)12-2-5-19-9-11(12)21-13(24)10-1-6-20-14(18)22-10;11-10(12)2-5-15(6-3-10)9-1-4-14-7-8(9)13;6-5-7-2-1-3(8-5)4(9)10;1-2;/h1-2,5-6,9H,3-4,7-8H2,(H,21,24)(H2,18,20,22);1,4,7H,2-3,5-6,13H2;1-2H,(H,9,10)(H2,6,7,8);1H3;1H4/i;;;1D;. The van der Waals surface area contributed by atoms with Crippen molar-refractivity contribution in [1.82, 2.24) is 29.9 Å². The quantitative estimate of drug-likeness (QED) is 0.173. The zero-order valence-corrected chi connectivity index (χ0v) is 27.1. The molecule has 4 aromatic heterocycles. The Morgan fingerprint density at radius 3 is 1.67 bits per heavy atom. The minimum Gasteiger partial charge on any atom is -0.477 e. The molecular formula is C32H41F5N12O3. The largest absolute Gasteiger partial charge is 0.477 e. The van der Waals surface area contributed by atoms with Crippen molar-refractivity contribution in [2.45, 2.75) is 45.0 Å². The van der Waals surface area contributed by atoms with Crippen molar-refractivity contribution in [1.29, 1.82) is 0 Å². The number of pyridine rings is 2. The summed E-state index contributed by atoms with van der Waals surface area (Å²) in [5.74, 6) is -6.76. The second-order valence-corrected chi connectivity index (χ2v) is 10.9. The number of carbonyl (C=O) groups excluding carboxylic acids is 1. The number of anilines is 6. The number of carboxylic acids is 1. The van der Waals surface area contributed by atoms with Crippen molar-refractivity contribution >= 4 is 46.5 Å². The molecule has 52 heavy (non-hydrogen) atoms. The van der Waals surface area contributed by atoms with Gasteiger partial charge in [-0.1, -0.05) is 7.43 Å². The van der Waals surface area contributed by atoms with E-state index in [0.717, 1.165) is 5.69 Å². The maximum Gasteiger partial charge on any atom is 0.354 e. The highest BCUT2D eigenvalue weighted by molar-refractivity contribution is 6.04. The van der Waals surface area contributed by atoms with E-state index in [1.165, 1.54) is 30.7 Å². The molecule has 2 aliphatic rings. The third kappa shape index (κ3) is 12.7. The SMILES string of the molecule is C.Nc1cnccc1N1CCC(F)(F)CC1.Nc1nccc(C(=O)Nc2cnccc2N2CCC(F)(F)CC2)n1.Nc1nccc(C(=O)O)n1.[2H]CF. The third-order valence-electron chi connectivity index (χ3n) is 7.35. The van der Waals surface area contributed by atoms with Gasteiger partial charge in [0.2, 0.25) is 11.9 Å². The van der Waals surface area contributed by atoms with Crippen LogP contribution in [0.3, 0.4) is 0 Å². The minimum atomic E-state index is -2.63. The number of rotatable bonds is 5. The molecule has 2 saturated heterocycles. The van der Waals surface area contributed by atoms with Gasteiger partial charge in [0, 0.05) is 76.6 Å². The number of nitrogen functional groups attached to an aromatic ring is 3. The molecule has 0 saturated carbocycles. The van der Waals surface area contributed by atoms with Crippen LogP contribution in [0.2, 0.25) is 0 Å². The first-order valence-electron chi connectivity index (χ1n) is 15.8. The number of aromatic nitrogens is 6. The van der Waals surface area contributed by atoms with Gasteiger partial charge in [-0.2, -0.15) is 0 Å². The van der Waals surface area contributed by atoms with Gasteiger partial charge < -0.3 is 37.4 Å². The molecule has 4 aromatic rings. The predicted molar refractivity (Wildman–Crippen MR) is 187 cm³/mol. The van der Waals surface area contributed by atoms with Crippen LogP contribution < -0.4 is 32.3 Å². The van der Waals surface area contributed by atoms with Crippen LogP contribution >= 0.6 is 0 Å². The summed E-state index contributed by atoms with van der Waals surface area (Å²) >= 11 is 0. The third-order valence-corrected chi connectivity index (χ3v) is 7.35. The molecule has 15 nitrogen and oxygen atoms in total. The first kappa shape index (κ1) is 40.5. The molecule has 0 aliphatic carbocycles. The van der Waals surface area contributed by atoms with Gasteiger partial charge in [0.15, 0.2) is 5.69 Å². The van der Waals surface area contributed by atoms with E-state index in [4.69, 9.17) is 23.7 Å². The zero-order chi connectivity index (χ0) is 38.3. The van der Waals surface area contributed by atoms with Crippen molar-refractivity contribution in [3.05, 3.63) is 72.8 Å². The number of carboxylic acid groups (broad SMARTS) is 1. The molecular weight excluding hydrogens is 695 g/mol. The normalized spacial score (nSPS) is 15.7. The van der Waals surface area contributed by atoms with E-state index in [-0.39, 0.29) is 69.5 Å². The number of alkyl halides is 5. The van der Waals surface area contributed by atoms with Gasteiger partial charge in [0.25, 0.3) is 17.8 Å². The van der Waals surface area contributed by atoms with Gasteiger partial charge in [-0.15, -0.1) is 0 Å². The maximum absolute atomic E-state index is 13.3. The molecule has 20 heteroatoms. The Balaban J connectivity index is 0.000000286. The Kier molecular flexibility index (Phi) is 15.1. The number of nitrogens with one attached hydrogen (secondary N) is 1. The van der Waals surface area contributed by atoms with Gasteiger partial charge in [0.05, 0.1) is 43.7 Å². The molecule has 0 aromatic carbocycles. The number of aromatic carboxylic acids is 1. The Morgan fingerprint density at radius 2 is 1.21 bits per heavy atom. The number of nitrogens with two attached hydrogens (primary N) is 3. The summed E-state index contributed by atoms with van der Waals surface area (Å²) in [6.45, 7) is 1.11. The summed E-state index contributed by atoms with van der Waals surface area (Å²) in [5.41, 5.74) is 18.8. The van der Waals surface area contributed by atoms with Crippen molar-refractivity contribution in [3.8, 4) is 0 Å². The van der Waals surface area contributed by atoms with E-state index in [1.54, 1.807) is 30.7 Å². The van der Waals surface area contributed by atoms with E-state index in [0.29, 0.717) is 30.2 Å². The molecule has 2 aliphatic heterocycles. The number of hydrogen-bond acceptors (Lipinski definition) is 13. The maximum atomic E-state index is 13.3. The Morgan fingerprint density at radius 1 is 0.769 bits per heavy atom. The Bertz CT molecular complexity index is 1760. The number of hydrogen-bond donors (Lipinski definition) is 5. The highest BCUT2D eigenvalue weighted by Crippen LogP contribution is 2.34. The summed E-state index contributed by atoms with van der Waals surface area (Å²) in [4.78, 5) is 48.6. The fourth-order valence-corrected chi connectivity index (χ4v) is 4.78. The minimum absolute atomic E-state index is 0. The van der Waals surface area contributed by atoms with Gasteiger partial charge >= 0.3 is 5.97 Å². The van der Waals surface area contributed by atoms with E-state index >= 15 is 0 Å². The summed E-state index contributed by atoms with van der Waals surface area (Å²) in [7, 11) is -1.00. The number of piperidine rings is 2. The molecule has 6 heterocycles. The van der Waals surface area contributed by atoms with Crippen LogP contribution in [-0.4, -0.2) is 92.1 Å². The molecule has 0 atom stereocenters. The lowest BCUT2D eigenvalue weighted by Gasteiger charge is -2.34. The Hall–Kier alpha value is -5.95. The van der Waals surface area contributed by atoms with Crippen molar-refractivity contribution in [2.75, 3.05) is 65.7 Å². The molecule has 6 rings (SSSR count). The topological polar surface area (TPSA) is 228 Å². The number of halogens is 5. The first-order chi connectivity index (χ1) is 24.6. The molecule has 0 spiro atoms. The predicted octanol–water partition coefficient (Wildman–Crippen LogP) is 4.82.